The third kappa shape index (κ3) is 5.85. The predicted octanol–water partition coefficient (Wildman–Crippen LogP) is 1.13. The zero-order chi connectivity index (χ0) is 14.5. The number of amides is 1. The van der Waals surface area contributed by atoms with Crippen LogP contribution < -0.4 is 5.32 Å². The fourth-order valence-electron chi connectivity index (χ4n) is 3.38. The maximum Gasteiger partial charge on any atom is 0.227 e. The van der Waals surface area contributed by atoms with E-state index < -0.39 is 0 Å². The number of aliphatic hydroxyl groups excluding tert-OH is 1. The van der Waals surface area contributed by atoms with Gasteiger partial charge in [0.15, 0.2) is 0 Å². The minimum Gasteiger partial charge on any atom is -0.392 e. The van der Waals surface area contributed by atoms with Crippen molar-refractivity contribution in [2.45, 2.75) is 45.3 Å². The number of hydrogen-bond donors (Lipinski definition) is 2. The van der Waals surface area contributed by atoms with Gasteiger partial charge in [-0.05, 0) is 32.7 Å². The monoisotopic (exact) mass is 355 g/mol. The van der Waals surface area contributed by atoms with Crippen molar-refractivity contribution in [2.75, 3.05) is 39.3 Å². The second-order valence-electron chi connectivity index (χ2n) is 6.23. The van der Waals surface area contributed by atoms with Crippen LogP contribution in [0.1, 0.15) is 33.1 Å². The third-order valence-electron chi connectivity index (χ3n) is 4.53. The topological polar surface area (TPSA) is 55.8 Å². The van der Waals surface area contributed by atoms with Crippen molar-refractivity contribution in [1.29, 1.82) is 0 Å². The molecule has 132 valence electrons. The van der Waals surface area contributed by atoms with Gasteiger partial charge in [0.1, 0.15) is 0 Å². The molecule has 2 saturated heterocycles. The summed E-state index contributed by atoms with van der Waals surface area (Å²) in [6.07, 6.45) is 2.86. The van der Waals surface area contributed by atoms with Gasteiger partial charge in [-0.2, -0.15) is 0 Å². The molecule has 2 heterocycles. The Hall–Kier alpha value is -0.0700. The van der Waals surface area contributed by atoms with E-state index in [1.165, 1.54) is 0 Å². The maximum atomic E-state index is 12.6. The molecule has 0 spiro atoms. The Bertz CT molecular complexity index is 326. The van der Waals surface area contributed by atoms with E-state index in [0.29, 0.717) is 18.5 Å². The molecule has 2 N–H and O–H groups in total. The number of carbonyl (C=O) groups excluding carboxylic acids is 1. The lowest BCUT2D eigenvalue weighted by atomic mass is 9.97. The van der Waals surface area contributed by atoms with E-state index in [0.717, 1.165) is 52.0 Å². The lowest BCUT2D eigenvalue weighted by Crippen LogP contribution is -2.57. The molecule has 2 rings (SSSR count). The molecule has 0 aromatic rings. The molecule has 3 unspecified atom stereocenters. The van der Waals surface area contributed by atoms with Crippen molar-refractivity contribution in [3.8, 4) is 0 Å². The van der Waals surface area contributed by atoms with E-state index in [4.69, 9.17) is 0 Å². The summed E-state index contributed by atoms with van der Waals surface area (Å²) in [5, 5.41) is 12.9. The minimum atomic E-state index is -0.297. The maximum absolute atomic E-state index is 12.6. The Labute approximate surface area is 146 Å². The van der Waals surface area contributed by atoms with E-state index in [2.05, 4.69) is 17.1 Å². The molecule has 2 aliphatic rings. The molecule has 22 heavy (non-hydrogen) atoms. The lowest BCUT2D eigenvalue weighted by molar-refractivity contribution is -0.139. The normalized spacial score (nSPS) is 27.5. The standard InChI is InChI=1S/C15H29N3O2.2ClH/c1-3-14-11-18(8-7-17(14)10-12(2)19)15(20)13-5-4-6-16-9-13;;/h12-14,16,19H,3-11H2,1-2H3;2*1H. The molecule has 0 saturated carbocycles. The van der Waals surface area contributed by atoms with Crippen LogP contribution >= 0.6 is 24.8 Å². The van der Waals surface area contributed by atoms with Crippen LogP contribution in [0.15, 0.2) is 0 Å². The molecular weight excluding hydrogens is 325 g/mol. The van der Waals surface area contributed by atoms with Gasteiger partial charge in [0.25, 0.3) is 0 Å². The third-order valence-corrected chi connectivity index (χ3v) is 4.53. The molecule has 0 radical (unpaired) electrons. The van der Waals surface area contributed by atoms with Crippen molar-refractivity contribution < 1.29 is 9.90 Å². The van der Waals surface area contributed by atoms with Gasteiger partial charge in [0.05, 0.1) is 12.0 Å². The van der Waals surface area contributed by atoms with Crippen molar-refractivity contribution in [3.63, 3.8) is 0 Å². The van der Waals surface area contributed by atoms with Gasteiger partial charge in [-0.25, -0.2) is 0 Å². The highest BCUT2D eigenvalue weighted by Crippen LogP contribution is 2.18. The summed E-state index contributed by atoms with van der Waals surface area (Å²) < 4.78 is 0. The first-order valence-corrected chi connectivity index (χ1v) is 8.03. The number of halogens is 2. The average molecular weight is 356 g/mol. The number of hydrogen-bond acceptors (Lipinski definition) is 4. The Morgan fingerprint density at radius 1 is 1.36 bits per heavy atom. The first kappa shape index (κ1) is 21.9. The number of nitrogens with one attached hydrogen (secondary N) is 1. The summed E-state index contributed by atoms with van der Waals surface area (Å²) in [5.41, 5.74) is 0. The fraction of sp³-hybridized carbons (Fsp3) is 0.933. The van der Waals surface area contributed by atoms with Crippen molar-refractivity contribution in [2.24, 2.45) is 5.92 Å². The predicted molar refractivity (Wildman–Crippen MR) is 94.0 cm³/mol. The van der Waals surface area contributed by atoms with Gasteiger partial charge in [-0.1, -0.05) is 6.92 Å². The van der Waals surface area contributed by atoms with Crippen LogP contribution in [0.3, 0.4) is 0 Å². The van der Waals surface area contributed by atoms with E-state index in [1.54, 1.807) is 0 Å². The number of rotatable bonds is 4. The number of piperidine rings is 1. The lowest BCUT2D eigenvalue weighted by Gasteiger charge is -2.43. The number of carbonyl (C=O) groups is 1. The van der Waals surface area contributed by atoms with E-state index in [1.807, 2.05) is 11.8 Å². The summed E-state index contributed by atoms with van der Waals surface area (Å²) >= 11 is 0. The van der Waals surface area contributed by atoms with E-state index >= 15 is 0 Å². The number of piperazine rings is 1. The van der Waals surface area contributed by atoms with Gasteiger partial charge in [-0.15, -0.1) is 24.8 Å². The molecular formula is C15H31Cl2N3O2. The Morgan fingerprint density at radius 2 is 2.09 bits per heavy atom. The zero-order valence-electron chi connectivity index (χ0n) is 13.7. The van der Waals surface area contributed by atoms with Crippen LogP contribution in [0, 0.1) is 5.92 Å². The molecule has 0 aromatic carbocycles. The summed E-state index contributed by atoms with van der Waals surface area (Å²) in [4.78, 5) is 16.9. The molecule has 7 heteroatoms. The van der Waals surface area contributed by atoms with Gasteiger partial charge < -0.3 is 15.3 Å². The quantitative estimate of drug-likeness (QED) is 0.793. The first-order valence-electron chi connectivity index (χ1n) is 8.03. The number of nitrogens with zero attached hydrogens (tertiary/aromatic N) is 2. The minimum absolute atomic E-state index is 0. The second kappa shape index (κ2) is 10.7. The van der Waals surface area contributed by atoms with Crippen LogP contribution in [0.25, 0.3) is 0 Å². The Morgan fingerprint density at radius 3 is 2.64 bits per heavy atom. The molecule has 0 aromatic heterocycles. The van der Waals surface area contributed by atoms with E-state index in [-0.39, 0.29) is 36.8 Å². The molecule has 0 bridgehead atoms. The van der Waals surface area contributed by atoms with Gasteiger partial charge in [0, 0.05) is 38.8 Å². The molecule has 2 aliphatic heterocycles. The van der Waals surface area contributed by atoms with Gasteiger partial charge >= 0.3 is 0 Å². The molecule has 0 aliphatic carbocycles. The highest BCUT2D eigenvalue weighted by molar-refractivity contribution is 5.85. The van der Waals surface area contributed by atoms with Crippen molar-refractivity contribution >= 4 is 30.7 Å². The largest absolute Gasteiger partial charge is 0.392 e. The number of β-amino-alcohol motifs (C(OH)–C–C–N with tert-alkyl or cyclic N) is 1. The zero-order valence-corrected chi connectivity index (χ0v) is 15.3. The van der Waals surface area contributed by atoms with Crippen LogP contribution in [0.2, 0.25) is 0 Å². The molecule has 2 fully saturated rings. The Kier molecular flexibility index (Phi) is 10.6. The van der Waals surface area contributed by atoms with Crippen LogP contribution in [0.5, 0.6) is 0 Å². The van der Waals surface area contributed by atoms with Crippen LogP contribution in [0.4, 0.5) is 0 Å². The van der Waals surface area contributed by atoms with Gasteiger partial charge in [0.2, 0.25) is 5.91 Å². The summed E-state index contributed by atoms with van der Waals surface area (Å²) in [5.74, 6) is 0.497. The highest BCUT2D eigenvalue weighted by atomic mass is 35.5. The van der Waals surface area contributed by atoms with Crippen LogP contribution in [-0.4, -0.2) is 72.2 Å². The van der Waals surface area contributed by atoms with Crippen molar-refractivity contribution in [3.05, 3.63) is 0 Å². The molecule has 3 atom stereocenters. The van der Waals surface area contributed by atoms with Crippen molar-refractivity contribution in [1.82, 2.24) is 15.1 Å². The summed E-state index contributed by atoms with van der Waals surface area (Å²) in [6, 6.07) is 0.388. The summed E-state index contributed by atoms with van der Waals surface area (Å²) in [7, 11) is 0. The highest BCUT2D eigenvalue weighted by Gasteiger charge is 2.32. The van der Waals surface area contributed by atoms with Crippen LogP contribution in [-0.2, 0) is 4.79 Å². The SMILES string of the molecule is CCC1CN(C(=O)C2CCCNC2)CCN1CC(C)O.Cl.Cl. The first-order chi connectivity index (χ1) is 9.61. The second-order valence-corrected chi connectivity index (χ2v) is 6.23. The van der Waals surface area contributed by atoms with E-state index in [9.17, 15) is 9.90 Å². The summed E-state index contributed by atoms with van der Waals surface area (Å²) in [6.45, 7) is 9.10. The molecule has 5 nitrogen and oxygen atoms in total. The Balaban J connectivity index is 0.00000220. The average Bonchev–Trinajstić information content (AvgIpc) is 2.47. The number of aliphatic hydroxyl groups is 1. The van der Waals surface area contributed by atoms with Gasteiger partial charge in [-0.3, -0.25) is 9.69 Å². The molecule has 1 amide bonds. The fourth-order valence-corrected chi connectivity index (χ4v) is 3.38. The smallest absolute Gasteiger partial charge is 0.227 e.